The first-order valence-electron chi connectivity index (χ1n) is 4.16. The molecule has 0 N–H and O–H groups in total. The third kappa shape index (κ3) is 5.01. The molecule has 0 aromatic heterocycles. The van der Waals surface area contributed by atoms with Crippen LogP contribution < -0.4 is 0 Å². The minimum absolute atomic E-state index is 0.209. The van der Waals surface area contributed by atoms with Crippen LogP contribution in [0.4, 0.5) is 4.39 Å². The second kappa shape index (κ2) is 5.35. The molecule has 0 heterocycles. The summed E-state index contributed by atoms with van der Waals surface area (Å²) >= 11 is 3.12. The molecule has 1 aliphatic carbocycles. The summed E-state index contributed by atoms with van der Waals surface area (Å²) < 4.78 is 17.8. The smallest absolute Gasteiger partial charge is 0.124 e. The van der Waals surface area contributed by atoms with E-state index >= 15 is 0 Å². The fraction of sp³-hybridized carbons (Fsp3) is 0.400. The summed E-state index contributed by atoms with van der Waals surface area (Å²) in [4.78, 5) is 0. The number of hydrogen-bond acceptors (Lipinski definition) is 1. The fourth-order valence-electron chi connectivity index (χ4n) is 0.764. The first-order valence-corrected chi connectivity index (χ1v) is 4.95. The second-order valence-corrected chi connectivity index (χ2v) is 3.79. The largest absolute Gasteiger partial charge is 0.381 e. The molecule has 0 unspecified atom stereocenters. The summed E-state index contributed by atoms with van der Waals surface area (Å²) in [5.74, 6) is -0.209. The zero-order chi connectivity index (χ0) is 9.68. The lowest BCUT2D eigenvalue weighted by Crippen LogP contribution is -1.79. The standard InChI is InChI=1S/C6H4BrF.C4H8O/c7-5-2-1-3-6(8)4-5;1-5-4-2-3-4/h1-4H;4H,2-3H2,1H3. The third-order valence-electron chi connectivity index (χ3n) is 1.64. The van der Waals surface area contributed by atoms with Gasteiger partial charge in [-0.05, 0) is 31.0 Å². The summed E-state index contributed by atoms with van der Waals surface area (Å²) in [6.45, 7) is 0. The number of halogens is 2. The molecule has 1 nitrogen and oxygen atoms in total. The first-order chi connectivity index (χ1) is 6.22. The Morgan fingerprint density at radius 3 is 2.38 bits per heavy atom. The van der Waals surface area contributed by atoms with Crippen molar-refractivity contribution >= 4 is 15.9 Å². The van der Waals surface area contributed by atoms with Crippen molar-refractivity contribution in [1.82, 2.24) is 0 Å². The highest BCUT2D eigenvalue weighted by molar-refractivity contribution is 9.10. The minimum Gasteiger partial charge on any atom is -0.381 e. The Bertz CT molecular complexity index is 244. The van der Waals surface area contributed by atoms with E-state index in [4.69, 9.17) is 4.74 Å². The van der Waals surface area contributed by atoms with E-state index in [1.165, 1.54) is 25.0 Å². The van der Waals surface area contributed by atoms with Crippen molar-refractivity contribution in [3.8, 4) is 0 Å². The number of benzene rings is 1. The molecule has 1 aromatic rings. The van der Waals surface area contributed by atoms with E-state index in [0.29, 0.717) is 6.10 Å². The highest BCUT2D eigenvalue weighted by atomic mass is 79.9. The Balaban J connectivity index is 0.000000145. The van der Waals surface area contributed by atoms with E-state index in [2.05, 4.69) is 15.9 Å². The van der Waals surface area contributed by atoms with Crippen molar-refractivity contribution in [3.05, 3.63) is 34.6 Å². The van der Waals surface area contributed by atoms with Gasteiger partial charge in [0, 0.05) is 11.6 Å². The average Bonchev–Trinajstić information content (AvgIpc) is 2.87. The maximum atomic E-state index is 12.1. The molecule has 3 heteroatoms. The highest BCUT2D eigenvalue weighted by Crippen LogP contribution is 2.21. The molecule has 0 saturated heterocycles. The first kappa shape index (κ1) is 10.7. The van der Waals surface area contributed by atoms with Crippen molar-refractivity contribution in [1.29, 1.82) is 0 Å². The molecule has 1 saturated carbocycles. The molecular formula is C10H12BrFO. The van der Waals surface area contributed by atoms with Gasteiger partial charge in [-0.3, -0.25) is 0 Å². The van der Waals surface area contributed by atoms with Crippen LogP contribution >= 0.6 is 15.9 Å². The van der Waals surface area contributed by atoms with Crippen LogP contribution in [0.3, 0.4) is 0 Å². The topological polar surface area (TPSA) is 9.23 Å². The number of rotatable bonds is 1. The lowest BCUT2D eigenvalue weighted by Gasteiger charge is -1.85. The molecule has 0 atom stereocenters. The van der Waals surface area contributed by atoms with Crippen LogP contribution in [-0.2, 0) is 4.74 Å². The second-order valence-electron chi connectivity index (χ2n) is 2.87. The molecule has 2 rings (SSSR count). The molecule has 0 amide bonds. The lowest BCUT2D eigenvalue weighted by atomic mass is 10.4. The van der Waals surface area contributed by atoms with E-state index in [0.717, 1.165) is 4.47 Å². The molecule has 0 bridgehead atoms. The van der Waals surface area contributed by atoms with Gasteiger partial charge in [-0.25, -0.2) is 4.39 Å². The van der Waals surface area contributed by atoms with Crippen molar-refractivity contribution < 1.29 is 9.13 Å². The predicted octanol–water partition coefficient (Wildman–Crippen LogP) is 3.38. The number of methoxy groups -OCH3 is 1. The molecule has 1 aromatic carbocycles. The van der Waals surface area contributed by atoms with E-state index in [1.54, 1.807) is 19.2 Å². The number of hydrogen-bond donors (Lipinski definition) is 0. The van der Waals surface area contributed by atoms with Crippen molar-refractivity contribution in [3.63, 3.8) is 0 Å². The molecule has 0 aliphatic heterocycles. The van der Waals surface area contributed by atoms with Gasteiger partial charge in [0.25, 0.3) is 0 Å². The summed E-state index contributed by atoms with van der Waals surface area (Å²) in [7, 11) is 1.76. The molecule has 72 valence electrons. The van der Waals surface area contributed by atoms with E-state index in [1.807, 2.05) is 0 Å². The summed E-state index contributed by atoms with van der Waals surface area (Å²) in [5.41, 5.74) is 0. The van der Waals surface area contributed by atoms with Crippen LogP contribution in [0, 0.1) is 5.82 Å². The van der Waals surface area contributed by atoms with Crippen molar-refractivity contribution in [2.75, 3.05) is 7.11 Å². The van der Waals surface area contributed by atoms with Crippen LogP contribution in [0.2, 0.25) is 0 Å². The normalized spacial score (nSPS) is 14.7. The molecule has 13 heavy (non-hydrogen) atoms. The van der Waals surface area contributed by atoms with Crippen LogP contribution in [0.5, 0.6) is 0 Å². The van der Waals surface area contributed by atoms with Gasteiger partial charge in [0.15, 0.2) is 0 Å². The van der Waals surface area contributed by atoms with Crippen LogP contribution in [-0.4, -0.2) is 13.2 Å². The van der Waals surface area contributed by atoms with Crippen molar-refractivity contribution in [2.45, 2.75) is 18.9 Å². The van der Waals surface area contributed by atoms with Crippen LogP contribution in [0.25, 0.3) is 0 Å². The van der Waals surface area contributed by atoms with Gasteiger partial charge >= 0.3 is 0 Å². The minimum atomic E-state index is -0.209. The maximum absolute atomic E-state index is 12.1. The van der Waals surface area contributed by atoms with Gasteiger partial charge in [-0.1, -0.05) is 22.0 Å². The van der Waals surface area contributed by atoms with E-state index in [9.17, 15) is 4.39 Å². The van der Waals surface area contributed by atoms with Gasteiger partial charge in [0.05, 0.1) is 6.10 Å². The van der Waals surface area contributed by atoms with Gasteiger partial charge in [-0.15, -0.1) is 0 Å². The quantitative estimate of drug-likeness (QED) is 0.739. The SMILES string of the molecule is COC1CC1.Fc1cccc(Br)c1. The Morgan fingerprint density at radius 1 is 1.46 bits per heavy atom. The van der Waals surface area contributed by atoms with E-state index in [-0.39, 0.29) is 5.82 Å². The Hall–Kier alpha value is -0.410. The zero-order valence-corrected chi connectivity index (χ0v) is 9.05. The predicted molar refractivity (Wildman–Crippen MR) is 54.1 cm³/mol. The monoisotopic (exact) mass is 246 g/mol. The number of ether oxygens (including phenoxy) is 1. The summed E-state index contributed by atoms with van der Waals surface area (Å²) in [5, 5.41) is 0. The molecule has 0 spiro atoms. The summed E-state index contributed by atoms with van der Waals surface area (Å²) in [6.07, 6.45) is 3.21. The Morgan fingerprint density at radius 2 is 2.15 bits per heavy atom. The lowest BCUT2D eigenvalue weighted by molar-refractivity contribution is 0.183. The maximum Gasteiger partial charge on any atom is 0.124 e. The van der Waals surface area contributed by atoms with Gasteiger partial charge in [0.2, 0.25) is 0 Å². The molecule has 0 radical (unpaired) electrons. The van der Waals surface area contributed by atoms with Gasteiger partial charge in [0.1, 0.15) is 5.82 Å². The zero-order valence-electron chi connectivity index (χ0n) is 7.47. The molecule has 1 aliphatic rings. The summed E-state index contributed by atoms with van der Waals surface area (Å²) in [6, 6.07) is 6.26. The van der Waals surface area contributed by atoms with Crippen molar-refractivity contribution in [2.24, 2.45) is 0 Å². The molecular weight excluding hydrogens is 235 g/mol. The van der Waals surface area contributed by atoms with E-state index < -0.39 is 0 Å². The molecule has 1 fully saturated rings. The van der Waals surface area contributed by atoms with Gasteiger partial charge < -0.3 is 4.74 Å². The average molecular weight is 247 g/mol. The highest BCUT2D eigenvalue weighted by Gasteiger charge is 2.19. The Kier molecular flexibility index (Phi) is 4.39. The third-order valence-corrected chi connectivity index (χ3v) is 2.14. The Labute approximate surface area is 86.0 Å². The van der Waals surface area contributed by atoms with Crippen LogP contribution in [0.1, 0.15) is 12.8 Å². The van der Waals surface area contributed by atoms with Gasteiger partial charge in [-0.2, -0.15) is 0 Å². The fourth-order valence-corrected chi connectivity index (χ4v) is 1.13. The van der Waals surface area contributed by atoms with Crippen LogP contribution in [0.15, 0.2) is 28.7 Å².